The molecule has 1 aliphatic heterocycles. The predicted molar refractivity (Wildman–Crippen MR) is 174 cm³/mol. The van der Waals surface area contributed by atoms with Gasteiger partial charge in [0, 0.05) is 54.7 Å². The fraction of sp³-hybridized carbons (Fsp3) is 0.514. The summed E-state index contributed by atoms with van der Waals surface area (Å²) < 4.78 is 11.2. The minimum atomic E-state index is -0.516. The number of carbonyl (C=O) groups is 2. The fourth-order valence-corrected chi connectivity index (χ4v) is 5.75. The van der Waals surface area contributed by atoms with Crippen LogP contribution >= 0.6 is 0 Å². The fourth-order valence-electron chi connectivity index (χ4n) is 5.75. The molecule has 3 rings (SSSR count). The molecule has 2 aromatic rings. The van der Waals surface area contributed by atoms with Crippen LogP contribution in [0.5, 0.6) is 5.88 Å². The molecule has 0 saturated carbocycles. The summed E-state index contributed by atoms with van der Waals surface area (Å²) in [5.41, 5.74) is 5.02. The number of pyridine rings is 1. The smallest absolute Gasteiger partial charge is 0.410 e. The highest BCUT2D eigenvalue weighted by Crippen LogP contribution is 2.31. The van der Waals surface area contributed by atoms with Gasteiger partial charge >= 0.3 is 6.09 Å². The van der Waals surface area contributed by atoms with Crippen molar-refractivity contribution in [2.75, 3.05) is 31.6 Å². The Hall–Kier alpha value is -3.81. The summed E-state index contributed by atoms with van der Waals surface area (Å²) in [5, 5.41) is 3.15. The standard InChI is InChI=1S/C35H50N4O4/c1-9-12-13-16-26-23-25(4)37-33(42-8)30(26)24-36-32(40)29-17-14-18-31(28(29)15-10-2)39(11-3)27-19-21-38(22-20-27)34(41)43-35(5,6)7/h9-10,14,17-18,23,27H,1-2,11-13,15-16,19-22,24H2,3-8H3,(H,36,40). The summed E-state index contributed by atoms with van der Waals surface area (Å²) >= 11 is 0. The van der Waals surface area contributed by atoms with Gasteiger partial charge in [0.1, 0.15) is 5.60 Å². The lowest BCUT2D eigenvalue weighted by molar-refractivity contribution is 0.0204. The number of ether oxygens (including phenoxy) is 2. The Morgan fingerprint density at radius 1 is 1.16 bits per heavy atom. The molecule has 1 aromatic carbocycles. The van der Waals surface area contributed by atoms with Crippen molar-refractivity contribution in [3.63, 3.8) is 0 Å². The average molecular weight is 591 g/mol. The number of benzene rings is 1. The zero-order chi connectivity index (χ0) is 31.6. The Labute approximate surface area is 258 Å². The largest absolute Gasteiger partial charge is 0.481 e. The summed E-state index contributed by atoms with van der Waals surface area (Å²) in [4.78, 5) is 35.1. The number of amides is 2. The lowest BCUT2D eigenvalue weighted by Gasteiger charge is -2.40. The molecule has 8 nitrogen and oxygen atoms in total. The molecule has 43 heavy (non-hydrogen) atoms. The van der Waals surface area contributed by atoms with E-state index in [1.54, 1.807) is 12.0 Å². The van der Waals surface area contributed by atoms with Gasteiger partial charge in [-0.25, -0.2) is 9.78 Å². The first-order valence-corrected chi connectivity index (χ1v) is 15.4. The van der Waals surface area contributed by atoms with E-state index in [2.05, 4.69) is 47.4 Å². The molecule has 1 fully saturated rings. The number of piperidine rings is 1. The summed E-state index contributed by atoms with van der Waals surface area (Å²) in [7, 11) is 1.61. The number of methoxy groups -OCH3 is 1. The molecule has 1 aromatic heterocycles. The van der Waals surface area contributed by atoms with E-state index in [4.69, 9.17) is 9.47 Å². The molecule has 0 unspecified atom stereocenters. The van der Waals surface area contributed by atoms with Crippen molar-refractivity contribution < 1.29 is 19.1 Å². The van der Waals surface area contributed by atoms with E-state index in [9.17, 15) is 9.59 Å². The Morgan fingerprint density at radius 3 is 2.49 bits per heavy atom. The van der Waals surface area contributed by atoms with Gasteiger partial charge in [-0.05, 0) is 102 Å². The van der Waals surface area contributed by atoms with Crippen LogP contribution in [0.4, 0.5) is 10.5 Å². The normalized spacial score (nSPS) is 13.8. The van der Waals surface area contributed by atoms with Crippen LogP contribution in [0.1, 0.15) is 86.1 Å². The Bertz CT molecular complexity index is 1280. The zero-order valence-corrected chi connectivity index (χ0v) is 27.0. The third kappa shape index (κ3) is 9.09. The molecule has 234 valence electrons. The summed E-state index contributed by atoms with van der Waals surface area (Å²) in [6.45, 7) is 19.9. The van der Waals surface area contributed by atoms with Crippen molar-refractivity contribution in [1.29, 1.82) is 0 Å². The van der Waals surface area contributed by atoms with Crippen LogP contribution in [0.25, 0.3) is 0 Å². The van der Waals surface area contributed by atoms with Gasteiger partial charge in [-0.1, -0.05) is 18.2 Å². The lowest BCUT2D eigenvalue weighted by Crippen LogP contribution is -2.48. The number of likely N-dealkylation sites (tertiary alicyclic amines) is 1. The van der Waals surface area contributed by atoms with E-state index in [0.29, 0.717) is 37.5 Å². The van der Waals surface area contributed by atoms with Crippen LogP contribution in [0.3, 0.4) is 0 Å². The molecule has 1 saturated heterocycles. The first-order valence-electron chi connectivity index (χ1n) is 15.4. The SMILES string of the molecule is C=CCCCc1cc(C)nc(OC)c1CNC(=O)c1cccc(N(CC)C2CCN(C(=O)OC(C)(C)C)CC2)c1CC=C. The van der Waals surface area contributed by atoms with Crippen molar-refractivity contribution in [3.05, 3.63) is 77.5 Å². The van der Waals surface area contributed by atoms with E-state index in [1.807, 2.05) is 52.0 Å². The highest BCUT2D eigenvalue weighted by atomic mass is 16.6. The molecular formula is C35H50N4O4. The highest BCUT2D eigenvalue weighted by Gasteiger charge is 2.30. The van der Waals surface area contributed by atoms with Gasteiger partial charge in [0.15, 0.2) is 0 Å². The maximum absolute atomic E-state index is 13.7. The Kier molecular flexibility index (Phi) is 12.2. The molecular weight excluding hydrogens is 540 g/mol. The van der Waals surface area contributed by atoms with Crippen molar-refractivity contribution in [2.45, 2.75) is 91.3 Å². The van der Waals surface area contributed by atoms with Crippen LogP contribution in [0, 0.1) is 6.92 Å². The summed E-state index contributed by atoms with van der Waals surface area (Å²) in [6.07, 6.45) is 8.46. The van der Waals surface area contributed by atoms with Crippen LogP contribution in [-0.2, 0) is 24.1 Å². The molecule has 2 heterocycles. The second-order valence-electron chi connectivity index (χ2n) is 12.1. The molecule has 1 aliphatic rings. The first-order chi connectivity index (χ1) is 20.5. The van der Waals surface area contributed by atoms with Crippen LogP contribution in [0.2, 0.25) is 0 Å². The molecule has 0 radical (unpaired) electrons. The monoisotopic (exact) mass is 590 g/mol. The van der Waals surface area contributed by atoms with Gasteiger partial charge in [-0.2, -0.15) is 0 Å². The number of hydrogen-bond donors (Lipinski definition) is 1. The lowest BCUT2D eigenvalue weighted by atomic mass is 9.96. The first kappa shape index (κ1) is 33.7. The molecule has 1 N–H and O–H groups in total. The Morgan fingerprint density at radius 2 is 1.88 bits per heavy atom. The number of unbranched alkanes of at least 4 members (excludes halogenated alkanes) is 1. The second kappa shape index (κ2) is 15.6. The van der Waals surface area contributed by atoms with E-state index < -0.39 is 5.60 Å². The van der Waals surface area contributed by atoms with Crippen LogP contribution in [-0.4, -0.2) is 60.3 Å². The van der Waals surface area contributed by atoms with E-state index >= 15 is 0 Å². The minimum Gasteiger partial charge on any atom is -0.481 e. The molecule has 8 heteroatoms. The van der Waals surface area contributed by atoms with Crippen LogP contribution < -0.4 is 15.0 Å². The number of rotatable bonds is 13. The van der Waals surface area contributed by atoms with Gasteiger partial charge in [-0.15, -0.1) is 13.2 Å². The van der Waals surface area contributed by atoms with Gasteiger partial charge in [-0.3, -0.25) is 4.79 Å². The number of hydrogen-bond acceptors (Lipinski definition) is 6. The maximum atomic E-state index is 13.7. The topological polar surface area (TPSA) is 84.0 Å². The number of anilines is 1. The van der Waals surface area contributed by atoms with Crippen molar-refractivity contribution in [2.24, 2.45) is 0 Å². The molecule has 0 bridgehead atoms. The molecule has 0 spiro atoms. The Balaban J connectivity index is 1.81. The van der Waals surface area contributed by atoms with Crippen molar-refractivity contribution in [1.82, 2.24) is 15.2 Å². The number of nitrogens with one attached hydrogen (secondary N) is 1. The number of carbonyl (C=O) groups excluding carboxylic acids is 2. The highest BCUT2D eigenvalue weighted by molar-refractivity contribution is 5.97. The predicted octanol–water partition coefficient (Wildman–Crippen LogP) is 6.79. The van der Waals surface area contributed by atoms with E-state index in [1.165, 1.54) is 0 Å². The molecule has 2 amide bonds. The molecule has 0 atom stereocenters. The van der Waals surface area contributed by atoms with Gasteiger partial charge in [0.05, 0.1) is 7.11 Å². The zero-order valence-electron chi connectivity index (χ0n) is 27.0. The second-order valence-corrected chi connectivity index (χ2v) is 12.1. The number of allylic oxidation sites excluding steroid dienone is 2. The minimum absolute atomic E-state index is 0.144. The molecule has 0 aliphatic carbocycles. The van der Waals surface area contributed by atoms with Gasteiger partial charge < -0.3 is 24.6 Å². The van der Waals surface area contributed by atoms with Crippen molar-refractivity contribution >= 4 is 17.7 Å². The van der Waals surface area contributed by atoms with E-state index in [0.717, 1.165) is 66.7 Å². The third-order valence-corrected chi connectivity index (χ3v) is 7.73. The van der Waals surface area contributed by atoms with Crippen molar-refractivity contribution in [3.8, 4) is 5.88 Å². The van der Waals surface area contributed by atoms with E-state index in [-0.39, 0.29) is 18.0 Å². The summed E-state index contributed by atoms with van der Waals surface area (Å²) in [5.74, 6) is 0.401. The number of nitrogens with zero attached hydrogens (tertiary/aromatic N) is 3. The van der Waals surface area contributed by atoms with Crippen LogP contribution in [0.15, 0.2) is 49.6 Å². The number of aromatic nitrogens is 1. The summed E-state index contributed by atoms with van der Waals surface area (Å²) in [6, 6.07) is 8.23. The average Bonchev–Trinajstić information content (AvgIpc) is 2.97. The van der Waals surface area contributed by atoms with Gasteiger partial charge in [0.25, 0.3) is 5.91 Å². The maximum Gasteiger partial charge on any atom is 0.410 e. The number of aryl methyl sites for hydroxylation is 2. The van der Waals surface area contributed by atoms with Gasteiger partial charge in [0.2, 0.25) is 5.88 Å². The third-order valence-electron chi connectivity index (χ3n) is 7.73. The quantitative estimate of drug-likeness (QED) is 0.204.